The molecule has 0 aliphatic heterocycles. The van der Waals surface area contributed by atoms with E-state index in [0.29, 0.717) is 12.2 Å². The lowest BCUT2D eigenvalue weighted by atomic mass is 9.78. The molecule has 0 heterocycles. The van der Waals surface area contributed by atoms with Crippen molar-refractivity contribution in [1.82, 2.24) is 0 Å². The highest BCUT2D eigenvalue weighted by molar-refractivity contribution is 5.90. The van der Waals surface area contributed by atoms with Crippen LogP contribution in [0.5, 0.6) is 0 Å². The van der Waals surface area contributed by atoms with E-state index < -0.39 is 0 Å². The van der Waals surface area contributed by atoms with Gasteiger partial charge in [-0.15, -0.1) is 0 Å². The average Bonchev–Trinajstić information content (AvgIpc) is 2.78. The minimum atomic E-state index is -0.238. The molecule has 0 radical (unpaired) electrons. The minimum absolute atomic E-state index is 0.238. The van der Waals surface area contributed by atoms with Gasteiger partial charge < -0.3 is 4.74 Å². The summed E-state index contributed by atoms with van der Waals surface area (Å²) in [6.07, 6.45) is 11.9. The molecule has 2 aromatic carbocycles. The quantitative estimate of drug-likeness (QED) is 0.414. The summed E-state index contributed by atoms with van der Waals surface area (Å²) < 4.78 is 5.19. The Labute approximate surface area is 176 Å². The Kier molecular flexibility index (Phi) is 8.34. The molecule has 29 heavy (non-hydrogen) atoms. The smallest absolute Gasteiger partial charge is 0.338 e. The summed E-state index contributed by atoms with van der Waals surface area (Å²) in [7, 11) is 0. The predicted molar refractivity (Wildman–Crippen MR) is 121 cm³/mol. The maximum Gasteiger partial charge on any atom is 0.338 e. The fourth-order valence-corrected chi connectivity index (χ4v) is 4.53. The van der Waals surface area contributed by atoms with Crippen LogP contribution in [0.1, 0.15) is 81.1 Å². The first kappa shape index (κ1) is 21.6. The summed E-state index contributed by atoms with van der Waals surface area (Å²) in [4.78, 5) is 11.9. The van der Waals surface area contributed by atoms with E-state index in [9.17, 15) is 4.79 Å². The molecule has 2 aromatic rings. The van der Waals surface area contributed by atoms with Gasteiger partial charge in [-0.1, -0.05) is 88.8 Å². The lowest BCUT2D eigenvalue weighted by Crippen LogP contribution is -2.15. The van der Waals surface area contributed by atoms with E-state index in [1.165, 1.54) is 62.5 Å². The highest BCUT2D eigenvalue weighted by Crippen LogP contribution is 2.34. The number of carbonyl (C=O) groups excluding carboxylic acids is 1. The molecule has 1 fully saturated rings. The Hall–Kier alpha value is -2.09. The van der Waals surface area contributed by atoms with Crippen molar-refractivity contribution < 1.29 is 9.53 Å². The summed E-state index contributed by atoms with van der Waals surface area (Å²) >= 11 is 0. The normalized spacial score (nSPS) is 19.1. The van der Waals surface area contributed by atoms with Crippen LogP contribution in [-0.4, -0.2) is 12.6 Å². The molecule has 2 nitrogen and oxygen atoms in total. The minimum Gasteiger partial charge on any atom is -0.462 e. The van der Waals surface area contributed by atoms with E-state index in [4.69, 9.17) is 4.74 Å². The van der Waals surface area contributed by atoms with Gasteiger partial charge in [0.15, 0.2) is 0 Å². The first-order chi connectivity index (χ1) is 14.2. The van der Waals surface area contributed by atoms with Crippen LogP contribution in [0.2, 0.25) is 0 Å². The van der Waals surface area contributed by atoms with Gasteiger partial charge in [-0.05, 0) is 59.9 Å². The number of hydrogen-bond donors (Lipinski definition) is 0. The van der Waals surface area contributed by atoms with E-state index >= 15 is 0 Å². The molecule has 0 N–H and O–H groups in total. The van der Waals surface area contributed by atoms with Crippen molar-refractivity contribution >= 4 is 5.97 Å². The summed E-state index contributed by atoms with van der Waals surface area (Å²) in [5.74, 6) is 1.68. The molecule has 0 unspecified atom stereocenters. The maximum absolute atomic E-state index is 11.9. The number of benzene rings is 2. The second-order valence-electron chi connectivity index (χ2n) is 8.62. The zero-order valence-corrected chi connectivity index (χ0v) is 18.2. The molecule has 0 atom stereocenters. The van der Waals surface area contributed by atoms with Crippen LogP contribution >= 0.6 is 0 Å². The highest BCUT2D eigenvalue weighted by Gasteiger charge is 2.20. The lowest BCUT2D eigenvalue weighted by molar-refractivity contribution is 0.0505. The standard InChI is InChI=1S/C27H36O2/c1-3-5-21-6-8-22(9-7-21)10-11-23-12-14-24(15-13-23)25-16-18-26(19-17-25)27(28)29-20-4-2/h12-19,21-22H,3-11,20H2,1-2H3/t21-,22-. The molecule has 0 spiro atoms. The third-order valence-electron chi connectivity index (χ3n) is 6.35. The summed E-state index contributed by atoms with van der Waals surface area (Å²) in [5.41, 5.74) is 4.39. The molecule has 156 valence electrons. The largest absolute Gasteiger partial charge is 0.462 e. The van der Waals surface area contributed by atoms with E-state index in [-0.39, 0.29) is 5.97 Å². The van der Waals surface area contributed by atoms with E-state index in [1.807, 2.05) is 31.2 Å². The molecular weight excluding hydrogens is 356 g/mol. The van der Waals surface area contributed by atoms with Crippen LogP contribution in [0.4, 0.5) is 0 Å². The molecule has 3 rings (SSSR count). The molecular formula is C27H36O2. The maximum atomic E-state index is 11.9. The Bertz CT molecular complexity index is 737. The highest BCUT2D eigenvalue weighted by atomic mass is 16.5. The van der Waals surface area contributed by atoms with Gasteiger partial charge in [-0.25, -0.2) is 4.79 Å². The van der Waals surface area contributed by atoms with Crippen molar-refractivity contribution in [3.05, 3.63) is 59.7 Å². The van der Waals surface area contributed by atoms with E-state index in [1.54, 1.807) is 0 Å². The van der Waals surface area contributed by atoms with Crippen molar-refractivity contribution in [1.29, 1.82) is 0 Å². The molecule has 0 saturated heterocycles. The summed E-state index contributed by atoms with van der Waals surface area (Å²) in [6, 6.07) is 16.7. The summed E-state index contributed by atoms with van der Waals surface area (Å²) in [5, 5.41) is 0. The number of rotatable bonds is 9. The molecule has 1 saturated carbocycles. The molecule has 1 aliphatic rings. The van der Waals surface area contributed by atoms with Crippen LogP contribution < -0.4 is 0 Å². The van der Waals surface area contributed by atoms with Crippen molar-refractivity contribution in [2.75, 3.05) is 6.61 Å². The van der Waals surface area contributed by atoms with Crippen LogP contribution in [0, 0.1) is 11.8 Å². The molecule has 0 bridgehead atoms. The number of esters is 1. The summed E-state index contributed by atoms with van der Waals surface area (Å²) in [6.45, 7) is 4.78. The zero-order chi connectivity index (χ0) is 20.5. The molecule has 1 aliphatic carbocycles. The molecule has 0 amide bonds. The third-order valence-corrected chi connectivity index (χ3v) is 6.35. The third kappa shape index (κ3) is 6.45. The Balaban J connectivity index is 1.49. The molecule has 2 heteroatoms. The Morgan fingerprint density at radius 3 is 1.90 bits per heavy atom. The number of ether oxygens (including phenoxy) is 1. The van der Waals surface area contributed by atoms with Gasteiger partial charge in [-0.2, -0.15) is 0 Å². The van der Waals surface area contributed by atoms with Crippen LogP contribution in [0.15, 0.2) is 48.5 Å². The first-order valence-electron chi connectivity index (χ1n) is 11.6. The van der Waals surface area contributed by atoms with Crippen LogP contribution in [-0.2, 0) is 11.2 Å². The van der Waals surface area contributed by atoms with Crippen molar-refractivity contribution in [3.63, 3.8) is 0 Å². The second-order valence-corrected chi connectivity index (χ2v) is 8.62. The second kappa shape index (κ2) is 11.2. The number of carbonyl (C=O) groups is 1. The van der Waals surface area contributed by atoms with Gasteiger partial charge in [0.1, 0.15) is 0 Å². The van der Waals surface area contributed by atoms with Crippen LogP contribution in [0.3, 0.4) is 0 Å². The van der Waals surface area contributed by atoms with Crippen LogP contribution in [0.25, 0.3) is 11.1 Å². The van der Waals surface area contributed by atoms with Gasteiger partial charge in [0.05, 0.1) is 12.2 Å². The van der Waals surface area contributed by atoms with E-state index in [2.05, 4.69) is 31.2 Å². The van der Waals surface area contributed by atoms with Gasteiger partial charge in [-0.3, -0.25) is 0 Å². The fraction of sp³-hybridized carbons (Fsp3) is 0.519. The Morgan fingerprint density at radius 1 is 0.793 bits per heavy atom. The van der Waals surface area contributed by atoms with Gasteiger partial charge in [0.25, 0.3) is 0 Å². The lowest BCUT2D eigenvalue weighted by Gasteiger charge is -2.28. The number of hydrogen-bond acceptors (Lipinski definition) is 2. The zero-order valence-electron chi connectivity index (χ0n) is 18.2. The fourth-order valence-electron chi connectivity index (χ4n) is 4.53. The van der Waals surface area contributed by atoms with Gasteiger partial charge in [0.2, 0.25) is 0 Å². The SMILES string of the molecule is CCCOC(=O)c1ccc(-c2ccc(CC[C@H]3CC[C@H](CCC)CC3)cc2)cc1. The Morgan fingerprint density at radius 2 is 1.34 bits per heavy atom. The van der Waals surface area contributed by atoms with Crippen molar-refractivity contribution in [2.45, 2.75) is 71.6 Å². The first-order valence-corrected chi connectivity index (χ1v) is 11.6. The van der Waals surface area contributed by atoms with E-state index in [0.717, 1.165) is 23.8 Å². The predicted octanol–water partition coefficient (Wildman–Crippen LogP) is 7.46. The topological polar surface area (TPSA) is 26.3 Å². The monoisotopic (exact) mass is 392 g/mol. The van der Waals surface area contributed by atoms with Crippen molar-refractivity contribution in [3.8, 4) is 11.1 Å². The van der Waals surface area contributed by atoms with Gasteiger partial charge in [0, 0.05) is 0 Å². The average molecular weight is 393 g/mol. The van der Waals surface area contributed by atoms with Crippen molar-refractivity contribution in [2.24, 2.45) is 11.8 Å². The van der Waals surface area contributed by atoms with Gasteiger partial charge >= 0.3 is 5.97 Å². The number of aryl methyl sites for hydroxylation is 1. The molecule has 0 aromatic heterocycles.